The second kappa shape index (κ2) is 5.25. The normalized spacial score (nSPS) is 11.3. The SMILES string of the molecule is CC(=NNc1ccccc1C)c1cccnc1. The quantitative estimate of drug-likeness (QED) is 0.643. The van der Waals surface area contributed by atoms with Gasteiger partial charge in [0, 0.05) is 18.0 Å². The molecule has 0 saturated carbocycles. The van der Waals surface area contributed by atoms with Gasteiger partial charge >= 0.3 is 0 Å². The number of rotatable bonds is 3. The van der Waals surface area contributed by atoms with E-state index in [-0.39, 0.29) is 0 Å². The first kappa shape index (κ1) is 11.3. The van der Waals surface area contributed by atoms with Gasteiger partial charge in [0.05, 0.1) is 11.4 Å². The highest BCUT2D eigenvalue weighted by atomic mass is 15.3. The molecule has 17 heavy (non-hydrogen) atoms. The van der Waals surface area contributed by atoms with Crippen molar-refractivity contribution in [1.29, 1.82) is 0 Å². The molecule has 3 heteroatoms. The third kappa shape index (κ3) is 2.91. The minimum absolute atomic E-state index is 0.918. The van der Waals surface area contributed by atoms with Gasteiger partial charge < -0.3 is 0 Å². The Hall–Kier alpha value is -2.16. The summed E-state index contributed by atoms with van der Waals surface area (Å²) in [6, 6.07) is 12.0. The van der Waals surface area contributed by atoms with Gasteiger partial charge in [-0.3, -0.25) is 10.4 Å². The largest absolute Gasteiger partial charge is 0.278 e. The van der Waals surface area contributed by atoms with Crippen molar-refractivity contribution < 1.29 is 0 Å². The van der Waals surface area contributed by atoms with Gasteiger partial charge in [0.2, 0.25) is 0 Å². The average molecular weight is 225 g/mol. The lowest BCUT2D eigenvalue weighted by Gasteiger charge is -2.05. The summed E-state index contributed by atoms with van der Waals surface area (Å²) >= 11 is 0. The van der Waals surface area contributed by atoms with Crippen LogP contribution in [0, 0.1) is 6.92 Å². The van der Waals surface area contributed by atoms with Gasteiger partial charge in [0.25, 0.3) is 0 Å². The second-order valence-electron chi connectivity index (χ2n) is 3.87. The number of benzene rings is 1. The van der Waals surface area contributed by atoms with Crippen molar-refractivity contribution >= 4 is 11.4 Å². The maximum absolute atomic E-state index is 4.35. The molecule has 0 aliphatic rings. The predicted molar refractivity (Wildman–Crippen MR) is 71.2 cm³/mol. The molecule has 0 fully saturated rings. The van der Waals surface area contributed by atoms with E-state index >= 15 is 0 Å². The van der Waals surface area contributed by atoms with Gasteiger partial charge in [0.15, 0.2) is 0 Å². The van der Waals surface area contributed by atoms with E-state index in [0.717, 1.165) is 17.0 Å². The summed E-state index contributed by atoms with van der Waals surface area (Å²) in [6.45, 7) is 4.01. The number of aromatic nitrogens is 1. The summed E-state index contributed by atoms with van der Waals surface area (Å²) in [5.41, 5.74) is 7.21. The van der Waals surface area contributed by atoms with Crippen molar-refractivity contribution in [3.05, 3.63) is 59.9 Å². The molecule has 86 valence electrons. The molecule has 1 aromatic heterocycles. The van der Waals surface area contributed by atoms with Crippen LogP contribution in [0.15, 0.2) is 53.9 Å². The third-order valence-electron chi connectivity index (χ3n) is 2.57. The van der Waals surface area contributed by atoms with E-state index < -0.39 is 0 Å². The van der Waals surface area contributed by atoms with Crippen LogP contribution in [0.25, 0.3) is 0 Å². The number of hydrogen-bond donors (Lipinski definition) is 1. The van der Waals surface area contributed by atoms with Crippen molar-refractivity contribution in [2.24, 2.45) is 5.10 Å². The maximum Gasteiger partial charge on any atom is 0.0663 e. The van der Waals surface area contributed by atoms with Crippen LogP contribution in [0.4, 0.5) is 5.69 Å². The molecule has 0 atom stereocenters. The van der Waals surface area contributed by atoms with Crippen LogP contribution in [0.5, 0.6) is 0 Å². The lowest BCUT2D eigenvalue weighted by Crippen LogP contribution is -2.00. The zero-order chi connectivity index (χ0) is 12.1. The molecular weight excluding hydrogens is 210 g/mol. The van der Waals surface area contributed by atoms with Gasteiger partial charge in [0.1, 0.15) is 0 Å². The van der Waals surface area contributed by atoms with Crippen molar-refractivity contribution in [2.75, 3.05) is 5.43 Å². The highest BCUT2D eigenvalue weighted by Gasteiger charge is 1.97. The van der Waals surface area contributed by atoms with Crippen molar-refractivity contribution in [1.82, 2.24) is 4.98 Å². The molecule has 2 aromatic rings. The Balaban J connectivity index is 2.14. The smallest absolute Gasteiger partial charge is 0.0663 e. The minimum Gasteiger partial charge on any atom is -0.278 e. The van der Waals surface area contributed by atoms with E-state index in [2.05, 4.69) is 28.5 Å². The van der Waals surface area contributed by atoms with Crippen LogP contribution in [0.1, 0.15) is 18.1 Å². The summed E-state index contributed by atoms with van der Waals surface area (Å²) in [7, 11) is 0. The van der Waals surface area contributed by atoms with Crippen LogP contribution in [0.3, 0.4) is 0 Å². The molecule has 0 aliphatic carbocycles. The maximum atomic E-state index is 4.35. The molecule has 0 saturated heterocycles. The molecule has 3 nitrogen and oxygen atoms in total. The lowest BCUT2D eigenvalue weighted by atomic mass is 10.2. The second-order valence-corrected chi connectivity index (χ2v) is 3.87. The van der Waals surface area contributed by atoms with Gasteiger partial charge in [-0.15, -0.1) is 0 Å². The Bertz CT molecular complexity index is 518. The standard InChI is InChI=1S/C14H15N3/c1-11-6-3-4-8-14(11)17-16-12(2)13-7-5-9-15-10-13/h3-10,17H,1-2H3. The van der Waals surface area contributed by atoms with Gasteiger partial charge in [-0.1, -0.05) is 24.3 Å². The lowest BCUT2D eigenvalue weighted by molar-refractivity contribution is 1.27. The topological polar surface area (TPSA) is 37.3 Å². The molecule has 0 amide bonds. The van der Waals surface area contributed by atoms with Crippen LogP contribution >= 0.6 is 0 Å². The van der Waals surface area contributed by atoms with Crippen molar-refractivity contribution in [2.45, 2.75) is 13.8 Å². The molecule has 2 rings (SSSR count). The van der Waals surface area contributed by atoms with Gasteiger partial charge in [-0.2, -0.15) is 5.10 Å². The Morgan fingerprint density at radius 3 is 2.71 bits per heavy atom. The first-order valence-electron chi connectivity index (χ1n) is 5.53. The Morgan fingerprint density at radius 2 is 2.00 bits per heavy atom. The molecule has 1 N–H and O–H groups in total. The predicted octanol–water partition coefficient (Wildman–Crippen LogP) is 3.23. The summed E-state index contributed by atoms with van der Waals surface area (Å²) in [6.07, 6.45) is 3.56. The first-order chi connectivity index (χ1) is 8.27. The Kier molecular flexibility index (Phi) is 3.50. The number of hydrogen-bond acceptors (Lipinski definition) is 3. The van der Waals surface area contributed by atoms with E-state index in [0.29, 0.717) is 0 Å². The van der Waals surface area contributed by atoms with E-state index in [1.165, 1.54) is 5.56 Å². The number of pyridine rings is 1. The number of para-hydroxylation sites is 1. The van der Waals surface area contributed by atoms with E-state index in [1.54, 1.807) is 12.4 Å². The number of nitrogens with one attached hydrogen (secondary N) is 1. The number of aryl methyl sites for hydroxylation is 1. The summed E-state index contributed by atoms with van der Waals surface area (Å²) in [4.78, 5) is 4.07. The van der Waals surface area contributed by atoms with Crippen LogP contribution in [0.2, 0.25) is 0 Å². The van der Waals surface area contributed by atoms with Crippen LogP contribution in [-0.4, -0.2) is 10.7 Å². The van der Waals surface area contributed by atoms with Crippen LogP contribution < -0.4 is 5.43 Å². The molecule has 0 aliphatic heterocycles. The van der Waals surface area contributed by atoms with E-state index in [1.807, 2.05) is 37.3 Å². The first-order valence-corrected chi connectivity index (χ1v) is 5.53. The molecule has 0 radical (unpaired) electrons. The fraction of sp³-hybridized carbons (Fsp3) is 0.143. The number of nitrogens with zero attached hydrogens (tertiary/aromatic N) is 2. The molecular formula is C14H15N3. The van der Waals surface area contributed by atoms with Gasteiger partial charge in [-0.05, 0) is 31.5 Å². The average Bonchev–Trinajstić information content (AvgIpc) is 2.38. The highest BCUT2D eigenvalue weighted by Crippen LogP contribution is 2.13. The number of hydrazone groups is 1. The Morgan fingerprint density at radius 1 is 1.18 bits per heavy atom. The van der Waals surface area contributed by atoms with Crippen molar-refractivity contribution in [3.8, 4) is 0 Å². The fourth-order valence-corrected chi connectivity index (χ4v) is 1.48. The third-order valence-corrected chi connectivity index (χ3v) is 2.57. The molecule has 1 aromatic carbocycles. The minimum atomic E-state index is 0.918. The monoisotopic (exact) mass is 225 g/mol. The van der Waals surface area contributed by atoms with E-state index in [9.17, 15) is 0 Å². The Labute approximate surface area is 101 Å². The summed E-state index contributed by atoms with van der Waals surface area (Å²) in [5, 5.41) is 4.35. The molecule has 0 spiro atoms. The number of anilines is 1. The van der Waals surface area contributed by atoms with E-state index in [4.69, 9.17) is 0 Å². The summed E-state index contributed by atoms with van der Waals surface area (Å²) < 4.78 is 0. The van der Waals surface area contributed by atoms with Gasteiger partial charge in [-0.25, -0.2) is 0 Å². The highest BCUT2D eigenvalue weighted by molar-refractivity contribution is 5.98. The molecule has 0 unspecified atom stereocenters. The zero-order valence-electron chi connectivity index (χ0n) is 10.0. The zero-order valence-corrected chi connectivity index (χ0v) is 10.0. The molecule has 1 heterocycles. The van der Waals surface area contributed by atoms with Crippen LogP contribution in [-0.2, 0) is 0 Å². The van der Waals surface area contributed by atoms with Crippen molar-refractivity contribution in [3.63, 3.8) is 0 Å². The fourth-order valence-electron chi connectivity index (χ4n) is 1.48. The molecule has 0 bridgehead atoms. The summed E-state index contributed by atoms with van der Waals surface area (Å²) in [5.74, 6) is 0.